The molecule has 0 aliphatic carbocycles. The Bertz CT molecular complexity index is 580. The number of rotatable bonds is 3. The molecule has 2 rings (SSSR count). The minimum atomic E-state index is -0.535. The van der Waals surface area contributed by atoms with Crippen molar-refractivity contribution in [3.05, 3.63) is 28.8 Å². The number of amides is 2. The lowest BCUT2D eigenvalue weighted by Gasteiger charge is -2.21. The maximum Gasteiger partial charge on any atom is 0.324 e. The standard InChI is InChI=1S/C13H12ClN3O2/c1-3-6-17-11(12(15)16-13(17)18)8-4-5-10(19-2)9(14)7-8/h1,4-5,7,11H,6H2,2H3,(H2,15,16,18). The van der Waals surface area contributed by atoms with E-state index in [1.165, 1.54) is 12.0 Å². The van der Waals surface area contributed by atoms with Crippen molar-refractivity contribution in [3.8, 4) is 18.1 Å². The highest BCUT2D eigenvalue weighted by atomic mass is 35.5. The molecule has 1 aliphatic heterocycles. The molecular formula is C13H12ClN3O2. The van der Waals surface area contributed by atoms with Crippen molar-refractivity contribution < 1.29 is 9.53 Å². The van der Waals surface area contributed by atoms with Gasteiger partial charge in [0, 0.05) is 0 Å². The van der Waals surface area contributed by atoms with Crippen molar-refractivity contribution in [2.75, 3.05) is 13.7 Å². The number of hydrogen-bond donors (Lipinski definition) is 2. The van der Waals surface area contributed by atoms with Gasteiger partial charge in [-0.2, -0.15) is 0 Å². The second kappa shape index (κ2) is 5.21. The van der Waals surface area contributed by atoms with Gasteiger partial charge >= 0.3 is 6.03 Å². The third-order valence-corrected chi connectivity index (χ3v) is 3.14. The quantitative estimate of drug-likeness (QED) is 0.830. The molecule has 1 fully saturated rings. The summed E-state index contributed by atoms with van der Waals surface area (Å²) in [6.07, 6.45) is 5.24. The predicted molar refractivity (Wildman–Crippen MR) is 72.5 cm³/mol. The smallest absolute Gasteiger partial charge is 0.324 e. The Kier molecular flexibility index (Phi) is 3.63. The van der Waals surface area contributed by atoms with E-state index in [0.29, 0.717) is 16.3 Å². The van der Waals surface area contributed by atoms with Crippen LogP contribution in [0.2, 0.25) is 5.02 Å². The first-order valence-electron chi connectivity index (χ1n) is 5.51. The number of urea groups is 1. The van der Waals surface area contributed by atoms with Crippen LogP contribution < -0.4 is 10.1 Å². The lowest BCUT2D eigenvalue weighted by molar-refractivity contribution is 0.212. The molecule has 1 atom stereocenters. The number of terminal acetylenes is 1. The van der Waals surface area contributed by atoms with E-state index in [1.807, 2.05) is 0 Å². The van der Waals surface area contributed by atoms with E-state index in [9.17, 15) is 4.79 Å². The van der Waals surface area contributed by atoms with Gasteiger partial charge in [-0.25, -0.2) is 4.79 Å². The van der Waals surface area contributed by atoms with Crippen LogP contribution in [0.1, 0.15) is 11.6 Å². The normalized spacial score (nSPS) is 18.2. The molecule has 19 heavy (non-hydrogen) atoms. The van der Waals surface area contributed by atoms with Crippen LogP contribution >= 0.6 is 11.6 Å². The molecule has 98 valence electrons. The molecule has 6 heteroatoms. The van der Waals surface area contributed by atoms with Gasteiger partial charge in [-0.1, -0.05) is 23.6 Å². The Hall–Kier alpha value is -2.19. The van der Waals surface area contributed by atoms with E-state index >= 15 is 0 Å². The van der Waals surface area contributed by atoms with Crippen LogP contribution in [0.4, 0.5) is 4.79 Å². The number of nitrogens with zero attached hydrogens (tertiary/aromatic N) is 1. The summed E-state index contributed by atoms with van der Waals surface area (Å²) in [6, 6.07) is 4.21. The van der Waals surface area contributed by atoms with Gasteiger partial charge in [-0.3, -0.25) is 15.6 Å². The first-order chi connectivity index (χ1) is 9.08. The monoisotopic (exact) mass is 277 g/mol. The number of amidine groups is 1. The fourth-order valence-electron chi connectivity index (χ4n) is 1.99. The van der Waals surface area contributed by atoms with Crippen molar-refractivity contribution in [3.63, 3.8) is 0 Å². The summed E-state index contributed by atoms with van der Waals surface area (Å²) in [5, 5.41) is 10.7. The topological polar surface area (TPSA) is 65.4 Å². The number of methoxy groups -OCH3 is 1. The second-order valence-corrected chi connectivity index (χ2v) is 4.38. The minimum absolute atomic E-state index is 0.0847. The maximum absolute atomic E-state index is 11.7. The van der Waals surface area contributed by atoms with Gasteiger partial charge in [0.2, 0.25) is 0 Å². The van der Waals surface area contributed by atoms with Gasteiger partial charge in [0.1, 0.15) is 17.6 Å². The fraction of sp³-hybridized carbons (Fsp3) is 0.231. The molecule has 1 aromatic rings. The van der Waals surface area contributed by atoms with E-state index in [4.69, 9.17) is 28.2 Å². The Labute approximate surface area is 116 Å². The Morgan fingerprint density at radius 1 is 1.63 bits per heavy atom. The zero-order valence-corrected chi connectivity index (χ0v) is 11.0. The van der Waals surface area contributed by atoms with E-state index in [-0.39, 0.29) is 18.4 Å². The molecule has 2 N–H and O–H groups in total. The summed E-state index contributed by atoms with van der Waals surface area (Å²) in [4.78, 5) is 13.1. The number of nitrogens with one attached hydrogen (secondary N) is 2. The van der Waals surface area contributed by atoms with E-state index in [2.05, 4.69) is 11.2 Å². The second-order valence-electron chi connectivity index (χ2n) is 3.97. The average molecular weight is 278 g/mol. The zero-order valence-electron chi connectivity index (χ0n) is 10.2. The molecule has 1 unspecified atom stereocenters. The van der Waals surface area contributed by atoms with Crippen molar-refractivity contribution in [1.29, 1.82) is 5.41 Å². The van der Waals surface area contributed by atoms with Crippen molar-refractivity contribution in [1.82, 2.24) is 10.2 Å². The van der Waals surface area contributed by atoms with Gasteiger partial charge in [-0.05, 0) is 17.7 Å². The van der Waals surface area contributed by atoms with Gasteiger partial charge < -0.3 is 4.74 Å². The Morgan fingerprint density at radius 3 is 2.95 bits per heavy atom. The highest BCUT2D eigenvalue weighted by molar-refractivity contribution is 6.32. The Morgan fingerprint density at radius 2 is 2.37 bits per heavy atom. The van der Waals surface area contributed by atoms with Crippen LogP contribution in [0.25, 0.3) is 0 Å². The number of benzene rings is 1. The van der Waals surface area contributed by atoms with Crippen LogP contribution in [-0.2, 0) is 0 Å². The van der Waals surface area contributed by atoms with Gasteiger partial charge in [0.15, 0.2) is 0 Å². The molecule has 2 amide bonds. The van der Waals surface area contributed by atoms with Gasteiger partial charge in [0.05, 0.1) is 18.7 Å². The number of ether oxygens (including phenoxy) is 1. The van der Waals surface area contributed by atoms with Crippen LogP contribution in [0.3, 0.4) is 0 Å². The van der Waals surface area contributed by atoms with E-state index < -0.39 is 6.04 Å². The van der Waals surface area contributed by atoms with Gasteiger partial charge in [-0.15, -0.1) is 6.42 Å². The molecule has 1 saturated heterocycles. The van der Waals surface area contributed by atoms with Crippen molar-refractivity contribution >= 4 is 23.5 Å². The first-order valence-corrected chi connectivity index (χ1v) is 5.89. The van der Waals surface area contributed by atoms with Crippen LogP contribution in [0.15, 0.2) is 18.2 Å². The van der Waals surface area contributed by atoms with Crippen LogP contribution in [0.5, 0.6) is 5.75 Å². The molecular weight excluding hydrogens is 266 g/mol. The molecule has 0 bridgehead atoms. The van der Waals surface area contributed by atoms with E-state index in [1.54, 1.807) is 18.2 Å². The lowest BCUT2D eigenvalue weighted by Crippen LogP contribution is -2.30. The lowest BCUT2D eigenvalue weighted by atomic mass is 10.1. The summed E-state index contributed by atoms with van der Waals surface area (Å²) in [5.41, 5.74) is 0.712. The van der Waals surface area contributed by atoms with Crippen LogP contribution in [-0.4, -0.2) is 30.4 Å². The summed E-state index contributed by atoms with van der Waals surface area (Å²) >= 11 is 6.06. The van der Waals surface area contributed by atoms with Crippen molar-refractivity contribution in [2.24, 2.45) is 0 Å². The van der Waals surface area contributed by atoms with Gasteiger partial charge in [0.25, 0.3) is 0 Å². The minimum Gasteiger partial charge on any atom is -0.495 e. The summed E-state index contributed by atoms with van der Waals surface area (Å²) in [6.45, 7) is 0.128. The fourth-order valence-corrected chi connectivity index (χ4v) is 2.26. The van der Waals surface area contributed by atoms with Crippen molar-refractivity contribution in [2.45, 2.75) is 6.04 Å². The third kappa shape index (κ3) is 2.35. The highest BCUT2D eigenvalue weighted by Crippen LogP contribution is 2.31. The summed E-state index contributed by atoms with van der Waals surface area (Å²) < 4.78 is 5.07. The number of carbonyl (C=O) groups excluding carboxylic acids is 1. The number of carbonyl (C=O) groups is 1. The molecule has 0 radical (unpaired) electrons. The maximum atomic E-state index is 11.7. The molecule has 5 nitrogen and oxygen atoms in total. The molecule has 0 aromatic heterocycles. The average Bonchev–Trinajstić information content (AvgIpc) is 2.65. The van der Waals surface area contributed by atoms with Crippen LogP contribution in [0, 0.1) is 17.8 Å². The molecule has 1 aliphatic rings. The zero-order chi connectivity index (χ0) is 14.0. The van der Waals surface area contributed by atoms with E-state index in [0.717, 1.165) is 0 Å². The largest absolute Gasteiger partial charge is 0.495 e. The molecule has 0 spiro atoms. The number of hydrogen-bond acceptors (Lipinski definition) is 3. The highest BCUT2D eigenvalue weighted by Gasteiger charge is 2.36. The predicted octanol–water partition coefficient (Wildman–Crippen LogP) is 2.03. The molecule has 1 heterocycles. The third-order valence-electron chi connectivity index (χ3n) is 2.84. The number of halogens is 1. The summed E-state index contributed by atoms with van der Waals surface area (Å²) in [7, 11) is 1.52. The Balaban J connectivity index is 2.39. The molecule has 1 aromatic carbocycles. The SMILES string of the molecule is C#CCN1C(=O)NC(=N)C1c1ccc(OC)c(Cl)c1. The molecule has 0 saturated carbocycles. The first kappa shape index (κ1) is 13.2. The summed E-state index contributed by atoms with van der Waals surface area (Å²) in [5.74, 6) is 3.03.